The van der Waals surface area contributed by atoms with Crippen molar-refractivity contribution in [3.05, 3.63) is 37.1 Å². The Morgan fingerprint density at radius 2 is 1.80 bits per heavy atom. The van der Waals surface area contributed by atoms with E-state index in [-0.39, 0.29) is 0 Å². The Bertz CT molecular complexity index is 122. The molecular formula is C9H15N. The third kappa shape index (κ3) is 6.89. The Balaban J connectivity index is 0. The maximum absolute atomic E-state index is 3.62. The molecule has 0 aromatic heterocycles. The van der Waals surface area contributed by atoms with Crippen molar-refractivity contribution in [2.75, 3.05) is 0 Å². The van der Waals surface area contributed by atoms with E-state index in [1.54, 1.807) is 18.2 Å². The van der Waals surface area contributed by atoms with Gasteiger partial charge in [0.1, 0.15) is 0 Å². The van der Waals surface area contributed by atoms with Crippen molar-refractivity contribution in [2.45, 2.75) is 13.8 Å². The zero-order valence-corrected chi connectivity index (χ0v) is 6.80. The molecule has 0 fully saturated rings. The molecule has 0 N–H and O–H groups in total. The summed E-state index contributed by atoms with van der Waals surface area (Å²) in [4.78, 5) is 3.62. The molecule has 0 spiro atoms. The zero-order chi connectivity index (χ0) is 8.41. The lowest BCUT2D eigenvalue weighted by atomic mass is 10.4. The lowest BCUT2D eigenvalue weighted by Crippen LogP contribution is -1.64. The van der Waals surface area contributed by atoms with Gasteiger partial charge in [-0.2, -0.15) is 0 Å². The minimum Gasteiger partial charge on any atom is -0.265 e. The van der Waals surface area contributed by atoms with Crippen LogP contribution in [-0.2, 0) is 0 Å². The van der Waals surface area contributed by atoms with Crippen molar-refractivity contribution in [3.63, 3.8) is 0 Å². The Kier molecular flexibility index (Phi) is 12.6. The molecule has 0 aliphatic heterocycles. The van der Waals surface area contributed by atoms with Crippen LogP contribution in [0.1, 0.15) is 13.8 Å². The minimum absolute atomic E-state index is 0.750. The van der Waals surface area contributed by atoms with Crippen LogP contribution in [0, 0.1) is 0 Å². The van der Waals surface area contributed by atoms with E-state index in [1.165, 1.54) is 0 Å². The summed E-state index contributed by atoms with van der Waals surface area (Å²) in [7, 11) is 0. The quantitative estimate of drug-likeness (QED) is 0.419. The molecule has 0 bridgehead atoms. The van der Waals surface area contributed by atoms with Crippen molar-refractivity contribution in [2.24, 2.45) is 4.99 Å². The van der Waals surface area contributed by atoms with Gasteiger partial charge in [-0.1, -0.05) is 33.1 Å². The van der Waals surface area contributed by atoms with Gasteiger partial charge in [-0.25, -0.2) is 0 Å². The SMILES string of the molecule is C=C/C=C(/C=C)N=C.CC. The molecule has 0 heterocycles. The predicted molar refractivity (Wildman–Crippen MR) is 49.4 cm³/mol. The molecule has 0 saturated heterocycles. The normalized spacial score (nSPS) is 8.80. The summed E-state index contributed by atoms with van der Waals surface area (Å²) in [6.07, 6.45) is 5.00. The second-order valence-electron chi connectivity index (χ2n) is 1.19. The molecule has 1 nitrogen and oxygen atoms in total. The molecule has 0 aliphatic carbocycles. The highest BCUT2D eigenvalue weighted by Crippen LogP contribution is 1.94. The van der Waals surface area contributed by atoms with Crippen molar-refractivity contribution in [1.29, 1.82) is 0 Å². The zero-order valence-electron chi connectivity index (χ0n) is 6.80. The van der Waals surface area contributed by atoms with Gasteiger partial charge in [0.2, 0.25) is 0 Å². The van der Waals surface area contributed by atoms with E-state index in [0.29, 0.717) is 0 Å². The molecule has 0 atom stereocenters. The van der Waals surface area contributed by atoms with E-state index in [0.717, 1.165) is 5.70 Å². The average molecular weight is 137 g/mol. The van der Waals surface area contributed by atoms with E-state index in [1.807, 2.05) is 13.8 Å². The second kappa shape index (κ2) is 10.8. The molecule has 0 aromatic carbocycles. The van der Waals surface area contributed by atoms with Crippen LogP contribution in [0.5, 0.6) is 0 Å². The van der Waals surface area contributed by atoms with Gasteiger partial charge in [-0.05, 0) is 18.9 Å². The van der Waals surface area contributed by atoms with E-state index >= 15 is 0 Å². The average Bonchev–Trinajstić information content (AvgIpc) is 2.04. The first-order valence-corrected chi connectivity index (χ1v) is 3.27. The van der Waals surface area contributed by atoms with E-state index < -0.39 is 0 Å². The van der Waals surface area contributed by atoms with Crippen molar-refractivity contribution in [3.8, 4) is 0 Å². The number of rotatable bonds is 3. The molecule has 0 aromatic rings. The summed E-state index contributed by atoms with van der Waals surface area (Å²) in [5.74, 6) is 0. The van der Waals surface area contributed by atoms with Gasteiger partial charge in [0.15, 0.2) is 0 Å². The van der Waals surface area contributed by atoms with Gasteiger partial charge in [0.25, 0.3) is 0 Å². The number of hydrogen-bond donors (Lipinski definition) is 0. The standard InChI is InChI=1S/C7H9N.C2H6/c1-4-6-7(5-2)8-3;1-2/h4-6H,1-3H2;1-2H3/b7-6-;. The monoisotopic (exact) mass is 137 g/mol. The predicted octanol–water partition coefficient (Wildman–Crippen LogP) is 2.97. The maximum atomic E-state index is 3.62. The van der Waals surface area contributed by atoms with Gasteiger partial charge < -0.3 is 0 Å². The maximum Gasteiger partial charge on any atom is 0.0616 e. The lowest BCUT2D eigenvalue weighted by Gasteiger charge is -1.83. The Labute approximate surface area is 63.5 Å². The van der Waals surface area contributed by atoms with Gasteiger partial charge in [0, 0.05) is 0 Å². The van der Waals surface area contributed by atoms with Crippen molar-refractivity contribution >= 4 is 6.72 Å². The largest absolute Gasteiger partial charge is 0.265 e. The van der Waals surface area contributed by atoms with E-state index in [9.17, 15) is 0 Å². The minimum atomic E-state index is 0.750. The first-order valence-electron chi connectivity index (χ1n) is 3.27. The Hall–Kier alpha value is -1.11. The molecule has 56 valence electrons. The lowest BCUT2D eigenvalue weighted by molar-refractivity contribution is 1.45. The molecular weight excluding hydrogens is 122 g/mol. The molecule has 0 amide bonds. The summed E-state index contributed by atoms with van der Waals surface area (Å²) in [6, 6.07) is 0. The number of aliphatic imine (C=N–C) groups is 1. The highest BCUT2D eigenvalue weighted by atomic mass is 14.7. The molecule has 0 unspecified atom stereocenters. The first-order chi connectivity index (χ1) is 4.85. The van der Waals surface area contributed by atoms with Crippen LogP contribution in [-0.4, -0.2) is 6.72 Å². The van der Waals surface area contributed by atoms with Crippen LogP contribution in [0.2, 0.25) is 0 Å². The van der Waals surface area contributed by atoms with Gasteiger partial charge >= 0.3 is 0 Å². The van der Waals surface area contributed by atoms with Crippen LogP contribution in [0.15, 0.2) is 42.1 Å². The second-order valence-corrected chi connectivity index (χ2v) is 1.19. The molecule has 10 heavy (non-hydrogen) atoms. The molecule has 1 heteroatoms. The molecule has 0 rings (SSSR count). The number of nitrogens with zero attached hydrogens (tertiary/aromatic N) is 1. The Morgan fingerprint density at radius 3 is 1.90 bits per heavy atom. The topological polar surface area (TPSA) is 12.4 Å². The molecule has 0 radical (unpaired) electrons. The summed E-state index contributed by atoms with van der Waals surface area (Å²) < 4.78 is 0. The van der Waals surface area contributed by atoms with Crippen molar-refractivity contribution in [1.82, 2.24) is 0 Å². The fraction of sp³-hybridized carbons (Fsp3) is 0.222. The highest BCUT2D eigenvalue weighted by Gasteiger charge is 1.75. The number of allylic oxidation sites excluding steroid dienone is 3. The third-order valence-corrected chi connectivity index (χ3v) is 0.680. The van der Waals surface area contributed by atoms with E-state index in [4.69, 9.17) is 0 Å². The molecule has 0 aliphatic rings. The van der Waals surface area contributed by atoms with Crippen molar-refractivity contribution < 1.29 is 0 Å². The molecule has 0 saturated carbocycles. The third-order valence-electron chi connectivity index (χ3n) is 0.680. The van der Waals surface area contributed by atoms with Crippen LogP contribution in [0.25, 0.3) is 0 Å². The summed E-state index contributed by atoms with van der Waals surface area (Å²) >= 11 is 0. The summed E-state index contributed by atoms with van der Waals surface area (Å²) in [5, 5.41) is 0. The number of hydrogen-bond acceptors (Lipinski definition) is 1. The Morgan fingerprint density at radius 1 is 1.30 bits per heavy atom. The van der Waals surface area contributed by atoms with E-state index in [2.05, 4.69) is 24.9 Å². The smallest absolute Gasteiger partial charge is 0.0616 e. The van der Waals surface area contributed by atoms with Crippen LogP contribution in [0.4, 0.5) is 0 Å². The van der Waals surface area contributed by atoms with Gasteiger partial charge in [0.05, 0.1) is 5.70 Å². The summed E-state index contributed by atoms with van der Waals surface area (Å²) in [6.45, 7) is 14.3. The van der Waals surface area contributed by atoms with Crippen LogP contribution in [0.3, 0.4) is 0 Å². The van der Waals surface area contributed by atoms with Crippen LogP contribution < -0.4 is 0 Å². The highest BCUT2D eigenvalue weighted by molar-refractivity contribution is 5.33. The van der Waals surface area contributed by atoms with Gasteiger partial charge in [-0.3, -0.25) is 4.99 Å². The fourth-order valence-electron chi connectivity index (χ4n) is 0.306. The first kappa shape index (κ1) is 11.7. The summed E-state index contributed by atoms with van der Waals surface area (Å²) in [5.41, 5.74) is 0.750. The van der Waals surface area contributed by atoms with Crippen LogP contribution >= 0.6 is 0 Å². The fourth-order valence-corrected chi connectivity index (χ4v) is 0.306. The van der Waals surface area contributed by atoms with Gasteiger partial charge in [-0.15, -0.1) is 0 Å².